The molecule has 0 radical (unpaired) electrons. The summed E-state index contributed by atoms with van der Waals surface area (Å²) in [6, 6.07) is 15.7. The van der Waals surface area contributed by atoms with Crippen LogP contribution in [0.5, 0.6) is 5.75 Å². The maximum Gasteiger partial charge on any atom is 0.307 e. The molecule has 1 aliphatic rings. The molecule has 2 unspecified atom stereocenters. The average molecular weight is 374 g/mol. The minimum atomic E-state index is -0.724. The normalized spacial score (nSPS) is 19.1. The van der Waals surface area contributed by atoms with Crippen LogP contribution in [0.15, 0.2) is 48.5 Å². The van der Waals surface area contributed by atoms with Gasteiger partial charge in [-0.15, -0.1) is 0 Å². The Hall–Kier alpha value is -2.04. The Labute approximate surface area is 159 Å². The second-order valence-electron chi connectivity index (χ2n) is 6.60. The Kier molecular flexibility index (Phi) is 6.17. The third-order valence-corrected chi connectivity index (χ3v) is 5.08. The first kappa shape index (κ1) is 18.7. The van der Waals surface area contributed by atoms with Crippen molar-refractivity contribution in [3.63, 3.8) is 0 Å². The molecule has 1 fully saturated rings. The van der Waals surface area contributed by atoms with Gasteiger partial charge in [0.2, 0.25) is 0 Å². The van der Waals surface area contributed by atoms with Crippen molar-refractivity contribution in [3.05, 3.63) is 64.7 Å². The summed E-state index contributed by atoms with van der Waals surface area (Å²) in [5.41, 5.74) is 2.10. The zero-order valence-electron chi connectivity index (χ0n) is 14.9. The zero-order chi connectivity index (χ0) is 18.5. The highest BCUT2D eigenvalue weighted by Gasteiger charge is 2.32. The molecule has 1 aliphatic heterocycles. The fourth-order valence-corrected chi connectivity index (χ4v) is 3.87. The highest BCUT2D eigenvalue weighted by Crippen LogP contribution is 2.38. The van der Waals surface area contributed by atoms with Gasteiger partial charge in [-0.25, -0.2) is 0 Å². The summed E-state index contributed by atoms with van der Waals surface area (Å²) >= 11 is 6.30. The van der Waals surface area contributed by atoms with Gasteiger partial charge in [0.25, 0.3) is 0 Å². The number of benzene rings is 2. The third kappa shape index (κ3) is 4.19. The molecule has 0 aromatic heterocycles. The van der Waals surface area contributed by atoms with Crippen molar-refractivity contribution >= 4 is 17.6 Å². The minimum Gasteiger partial charge on any atom is -0.494 e. The molecule has 2 aromatic rings. The Morgan fingerprint density at radius 3 is 2.77 bits per heavy atom. The van der Waals surface area contributed by atoms with E-state index < -0.39 is 5.97 Å². The lowest BCUT2D eigenvalue weighted by atomic mass is 9.91. The Bertz CT molecular complexity index is 750. The SMILES string of the molecule is CCOc1ccc(Cl)cc1C(c1ccccc1)N1CCCC(C(=O)O)C1. The lowest BCUT2D eigenvalue weighted by molar-refractivity contribution is -0.143. The molecular formula is C21H24ClNO3. The molecule has 2 aromatic carbocycles. The number of halogens is 1. The smallest absolute Gasteiger partial charge is 0.307 e. The summed E-state index contributed by atoms with van der Waals surface area (Å²) in [7, 11) is 0. The molecule has 0 spiro atoms. The van der Waals surface area contributed by atoms with E-state index in [-0.39, 0.29) is 12.0 Å². The predicted octanol–water partition coefficient (Wildman–Crippen LogP) is 4.62. The second kappa shape index (κ2) is 8.56. The number of carboxylic acids is 1. The first-order valence-electron chi connectivity index (χ1n) is 9.04. The van der Waals surface area contributed by atoms with Crippen molar-refractivity contribution in [2.24, 2.45) is 5.92 Å². The maximum absolute atomic E-state index is 11.5. The molecule has 5 heteroatoms. The summed E-state index contributed by atoms with van der Waals surface area (Å²) in [5, 5.41) is 10.1. The van der Waals surface area contributed by atoms with E-state index >= 15 is 0 Å². The Morgan fingerprint density at radius 1 is 1.31 bits per heavy atom. The van der Waals surface area contributed by atoms with Gasteiger partial charge in [-0.05, 0) is 50.1 Å². The molecule has 2 atom stereocenters. The first-order valence-corrected chi connectivity index (χ1v) is 9.42. The molecule has 0 bridgehead atoms. The van der Waals surface area contributed by atoms with E-state index in [0.717, 1.165) is 36.3 Å². The van der Waals surface area contributed by atoms with E-state index in [4.69, 9.17) is 16.3 Å². The van der Waals surface area contributed by atoms with Gasteiger partial charge in [-0.2, -0.15) is 0 Å². The summed E-state index contributed by atoms with van der Waals surface area (Å²) in [5.74, 6) is -0.273. The minimum absolute atomic E-state index is 0.0846. The van der Waals surface area contributed by atoms with E-state index in [1.165, 1.54) is 0 Å². The van der Waals surface area contributed by atoms with Crippen LogP contribution in [-0.2, 0) is 4.79 Å². The van der Waals surface area contributed by atoms with Gasteiger partial charge in [-0.3, -0.25) is 9.69 Å². The molecule has 3 rings (SSSR count). The number of likely N-dealkylation sites (tertiary alicyclic amines) is 1. The molecule has 1 N–H and O–H groups in total. The summed E-state index contributed by atoms with van der Waals surface area (Å²) in [6.45, 7) is 3.89. The lowest BCUT2D eigenvalue weighted by Crippen LogP contribution is -2.41. The second-order valence-corrected chi connectivity index (χ2v) is 7.04. The lowest BCUT2D eigenvalue weighted by Gasteiger charge is -2.38. The van der Waals surface area contributed by atoms with Crippen molar-refractivity contribution in [1.82, 2.24) is 4.90 Å². The first-order chi connectivity index (χ1) is 12.6. The Morgan fingerprint density at radius 2 is 2.08 bits per heavy atom. The van der Waals surface area contributed by atoms with Crippen molar-refractivity contribution in [2.75, 3.05) is 19.7 Å². The summed E-state index contributed by atoms with van der Waals surface area (Å²) < 4.78 is 5.86. The zero-order valence-corrected chi connectivity index (χ0v) is 15.7. The molecule has 0 amide bonds. The van der Waals surface area contributed by atoms with Crippen molar-refractivity contribution in [2.45, 2.75) is 25.8 Å². The molecule has 0 aliphatic carbocycles. The van der Waals surface area contributed by atoms with Crippen LogP contribution in [0.2, 0.25) is 5.02 Å². The van der Waals surface area contributed by atoms with Crippen molar-refractivity contribution in [1.29, 1.82) is 0 Å². The number of piperidine rings is 1. The number of hydrogen-bond donors (Lipinski definition) is 1. The fraction of sp³-hybridized carbons (Fsp3) is 0.381. The number of rotatable bonds is 6. The molecule has 4 nitrogen and oxygen atoms in total. The number of nitrogens with zero attached hydrogens (tertiary/aromatic N) is 1. The third-order valence-electron chi connectivity index (χ3n) is 4.85. The van der Waals surface area contributed by atoms with Gasteiger partial charge in [0.15, 0.2) is 0 Å². The van der Waals surface area contributed by atoms with E-state index in [2.05, 4.69) is 17.0 Å². The maximum atomic E-state index is 11.5. The molecule has 26 heavy (non-hydrogen) atoms. The van der Waals surface area contributed by atoms with E-state index in [1.807, 2.05) is 43.3 Å². The predicted molar refractivity (Wildman–Crippen MR) is 103 cm³/mol. The number of hydrogen-bond acceptors (Lipinski definition) is 3. The van der Waals surface area contributed by atoms with Crippen LogP contribution in [0.3, 0.4) is 0 Å². The summed E-state index contributed by atoms with van der Waals surface area (Å²) in [4.78, 5) is 13.8. The van der Waals surface area contributed by atoms with Gasteiger partial charge in [0, 0.05) is 17.1 Å². The average Bonchev–Trinajstić information content (AvgIpc) is 2.65. The quantitative estimate of drug-likeness (QED) is 0.802. The van der Waals surface area contributed by atoms with E-state index in [0.29, 0.717) is 18.2 Å². The van der Waals surface area contributed by atoms with Gasteiger partial charge < -0.3 is 9.84 Å². The van der Waals surface area contributed by atoms with Gasteiger partial charge in [0.05, 0.1) is 18.6 Å². The summed E-state index contributed by atoms with van der Waals surface area (Å²) in [6.07, 6.45) is 1.59. The number of carbonyl (C=O) groups is 1. The van der Waals surface area contributed by atoms with Gasteiger partial charge in [-0.1, -0.05) is 41.9 Å². The number of aliphatic carboxylic acids is 1. The van der Waals surface area contributed by atoms with Crippen molar-refractivity contribution < 1.29 is 14.6 Å². The van der Waals surface area contributed by atoms with E-state index in [9.17, 15) is 9.90 Å². The van der Waals surface area contributed by atoms with Crippen LogP contribution in [0.4, 0.5) is 0 Å². The Balaban J connectivity index is 2.05. The van der Waals surface area contributed by atoms with Crippen LogP contribution in [0, 0.1) is 5.92 Å². The fourth-order valence-electron chi connectivity index (χ4n) is 3.68. The standard InChI is InChI=1S/C21H24ClNO3/c1-2-26-19-11-10-17(22)13-18(19)20(15-7-4-3-5-8-15)23-12-6-9-16(14-23)21(24)25/h3-5,7-8,10-11,13,16,20H,2,6,9,12,14H2,1H3,(H,24,25). The van der Waals surface area contributed by atoms with E-state index in [1.54, 1.807) is 0 Å². The monoisotopic (exact) mass is 373 g/mol. The van der Waals surface area contributed by atoms with Gasteiger partial charge >= 0.3 is 5.97 Å². The molecule has 0 saturated carbocycles. The molecule has 1 heterocycles. The molecule has 138 valence electrons. The molecule has 1 saturated heterocycles. The van der Waals surface area contributed by atoms with Crippen molar-refractivity contribution in [3.8, 4) is 5.75 Å². The van der Waals surface area contributed by atoms with Crippen LogP contribution in [0.25, 0.3) is 0 Å². The van der Waals surface area contributed by atoms with Crippen LogP contribution >= 0.6 is 11.6 Å². The van der Waals surface area contributed by atoms with Crippen LogP contribution < -0.4 is 4.74 Å². The number of ether oxygens (including phenoxy) is 1. The van der Waals surface area contributed by atoms with Crippen LogP contribution in [-0.4, -0.2) is 35.7 Å². The topological polar surface area (TPSA) is 49.8 Å². The molecular weight excluding hydrogens is 350 g/mol. The highest BCUT2D eigenvalue weighted by molar-refractivity contribution is 6.30. The number of carboxylic acid groups (broad SMARTS) is 1. The van der Waals surface area contributed by atoms with Crippen LogP contribution in [0.1, 0.15) is 36.9 Å². The largest absolute Gasteiger partial charge is 0.494 e. The van der Waals surface area contributed by atoms with Gasteiger partial charge in [0.1, 0.15) is 5.75 Å². The highest BCUT2D eigenvalue weighted by atomic mass is 35.5.